The van der Waals surface area contributed by atoms with Crippen LogP contribution in [0.4, 0.5) is 0 Å². The van der Waals surface area contributed by atoms with Crippen LogP contribution in [-0.4, -0.2) is 0 Å². The average molecular weight is 327 g/mol. The summed E-state index contributed by atoms with van der Waals surface area (Å²) in [7, 11) is 1.82. The van der Waals surface area contributed by atoms with Crippen molar-refractivity contribution in [2.45, 2.75) is 40.8 Å². The van der Waals surface area contributed by atoms with Crippen molar-refractivity contribution in [1.82, 2.24) is 0 Å². The number of fused-ring (bicyclic) bond motifs is 1. The van der Waals surface area contributed by atoms with Crippen LogP contribution in [0, 0.1) is 26.5 Å². The number of pyridine rings is 1. The van der Waals surface area contributed by atoms with Crippen molar-refractivity contribution >= 4 is 10.9 Å². The van der Waals surface area contributed by atoms with E-state index in [1.807, 2.05) is 37.6 Å². The summed E-state index contributed by atoms with van der Waals surface area (Å²) in [5, 5.41) is 0.762. The zero-order chi connectivity index (χ0) is 24.2. The van der Waals surface area contributed by atoms with Gasteiger partial charge in [-0.1, -0.05) is 37.6 Å². The van der Waals surface area contributed by atoms with Gasteiger partial charge in [0.05, 0.1) is 0 Å². The Morgan fingerprint density at radius 3 is 2.67 bits per heavy atom. The van der Waals surface area contributed by atoms with Gasteiger partial charge in [0.2, 0.25) is 11.2 Å². The van der Waals surface area contributed by atoms with Gasteiger partial charge in [-0.2, -0.15) is 4.57 Å². The molecule has 1 heterocycles. The van der Waals surface area contributed by atoms with Crippen molar-refractivity contribution in [2.24, 2.45) is 13.0 Å². The third kappa shape index (κ3) is 2.96. The van der Waals surface area contributed by atoms with Gasteiger partial charge in [0, 0.05) is 34.0 Å². The summed E-state index contributed by atoms with van der Waals surface area (Å²) in [6.07, 6.45) is -1.53. The van der Waals surface area contributed by atoms with E-state index < -0.39 is 20.1 Å². The van der Waals surface area contributed by atoms with Gasteiger partial charge in [0.1, 0.15) is 7.05 Å². The largest absolute Gasteiger partial charge is 0.213 e. The molecule has 3 aromatic rings. The lowest BCUT2D eigenvalue weighted by Crippen LogP contribution is -2.32. The summed E-state index contributed by atoms with van der Waals surface area (Å²) in [6.45, 7) is 0.479. The fourth-order valence-corrected chi connectivity index (χ4v) is 3.11. The summed E-state index contributed by atoms with van der Waals surface area (Å²) in [6, 6.07) is 11.9. The maximum absolute atomic E-state index is 8.55. The Bertz CT molecular complexity index is 1170. The number of nitrogens with zero attached hydrogens (tertiary/aromatic N) is 1. The van der Waals surface area contributed by atoms with Crippen LogP contribution in [0.25, 0.3) is 22.2 Å². The topological polar surface area (TPSA) is 3.88 Å². The third-order valence-electron chi connectivity index (χ3n) is 4.34. The molecule has 0 N–H and O–H groups in total. The van der Waals surface area contributed by atoms with Crippen LogP contribution >= 0.6 is 0 Å². The summed E-state index contributed by atoms with van der Waals surface area (Å²) in [4.78, 5) is 0. The normalized spacial score (nSPS) is 18.0. The zero-order valence-corrected chi connectivity index (χ0v) is 14.6. The lowest BCUT2D eigenvalue weighted by Gasteiger charge is -2.12. The Kier molecular flexibility index (Phi) is 2.49. The van der Waals surface area contributed by atoms with Crippen LogP contribution in [0.2, 0.25) is 0 Å². The van der Waals surface area contributed by atoms with Crippen LogP contribution in [0.3, 0.4) is 0 Å². The molecule has 0 fully saturated rings. The van der Waals surface area contributed by atoms with Gasteiger partial charge in [-0.25, -0.2) is 0 Å². The highest BCUT2D eigenvalue weighted by Crippen LogP contribution is 2.27. The number of aryl methyl sites for hydroxylation is 3. The van der Waals surface area contributed by atoms with Crippen LogP contribution in [-0.2, 0) is 13.4 Å². The second-order valence-corrected chi connectivity index (χ2v) is 6.51. The molecule has 0 spiro atoms. The van der Waals surface area contributed by atoms with Gasteiger partial charge in [-0.05, 0) is 61.7 Å². The number of aromatic nitrogens is 1. The molecule has 1 nitrogen and oxygen atoms in total. The molecular weight excluding hydrogens is 290 g/mol. The SMILES string of the molecule is [2H]C([2H])([2H])c1cc(-c2ccc3c(C([2H])([2H])C(C)C)cccc3[n+]2C)c(C)c(C([2H])([2H])[2H])c1. The van der Waals surface area contributed by atoms with Crippen molar-refractivity contribution in [3.8, 4) is 11.3 Å². The lowest BCUT2D eigenvalue weighted by molar-refractivity contribution is -0.633. The molecule has 0 saturated carbocycles. The maximum atomic E-state index is 8.55. The second-order valence-electron chi connectivity index (χ2n) is 6.51. The Labute approximate surface area is 157 Å². The van der Waals surface area contributed by atoms with Gasteiger partial charge in [0.25, 0.3) is 0 Å². The summed E-state index contributed by atoms with van der Waals surface area (Å²) >= 11 is 0. The average Bonchev–Trinajstić information content (AvgIpc) is 2.66. The van der Waals surface area contributed by atoms with E-state index in [0.717, 1.165) is 10.9 Å². The monoisotopic (exact) mass is 326 g/mol. The molecular formula is C23H28N+. The standard InChI is InChI=1S/C23H28N/c1-15(2)12-19-8-7-9-22-20(19)10-11-23(24(22)6)21-14-16(3)13-17(4)18(21)5/h7-11,13-15H,12H2,1-6H3/q+1/i3D3,4D3,12D2. The summed E-state index contributed by atoms with van der Waals surface area (Å²) < 4.78 is 66.1. The van der Waals surface area contributed by atoms with E-state index in [4.69, 9.17) is 11.0 Å². The van der Waals surface area contributed by atoms with Crippen LogP contribution in [0.15, 0.2) is 42.5 Å². The predicted molar refractivity (Wildman–Crippen MR) is 103 cm³/mol. The molecule has 0 aliphatic heterocycles. The van der Waals surface area contributed by atoms with Crippen LogP contribution in [0.1, 0.15) is 47.1 Å². The maximum Gasteiger partial charge on any atom is 0.213 e. The second kappa shape index (κ2) is 6.39. The fourth-order valence-electron chi connectivity index (χ4n) is 3.11. The molecule has 1 aromatic heterocycles. The van der Waals surface area contributed by atoms with Gasteiger partial charge in [-0.15, -0.1) is 0 Å². The molecule has 0 atom stereocenters. The van der Waals surface area contributed by atoms with Gasteiger partial charge in [-0.3, -0.25) is 0 Å². The van der Waals surface area contributed by atoms with Crippen LogP contribution in [0.5, 0.6) is 0 Å². The summed E-state index contributed by atoms with van der Waals surface area (Å²) in [5.41, 5.74) is 3.06. The minimum absolute atomic E-state index is 0.0192. The minimum atomic E-state index is -2.45. The first-order valence-electron chi connectivity index (χ1n) is 12.1. The van der Waals surface area contributed by atoms with Gasteiger partial charge >= 0.3 is 0 Å². The Balaban J connectivity index is 2.35. The number of hydrogen-bond acceptors (Lipinski definition) is 0. The third-order valence-corrected chi connectivity index (χ3v) is 4.34. The molecule has 0 aliphatic rings. The molecule has 3 rings (SSSR count). The highest BCUT2D eigenvalue weighted by Gasteiger charge is 2.18. The molecule has 0 saturated heterocycles. The zero-order valence-electron chi connectivity index (χ0n) is 22.6. The number of rotatable bonds is 3. The minimum Gasteiger partial charge on any atom is -0.194 e. The van der Waals surface area contributed by atoms with E-state index in [9.17, 15) is 0 Å². The van der Waals surface area contributed by atoms with Crippen molar-refractivity contribution < 1.29 is 15.5 Å². The lowest BCUT2D eigenvalue weighted by atomic mass is 9.95. The molecule has 0 amide bonds. The van der Waals surface area contributed by atoms with E-state index >= 15 is 0 Å². The molecule has 0 radical (unpaired) electrons. The predicted octanol–water partition coefficient (Wildman–Crippen LogP) is 5.46. The molecule has 24 heavy (non-hydrogen) atoms. The van der Waals surface area contributed by atoms with E-state index in [-0.39, 0.29) is 17.0 Å². The number of benzene rings is 2. The Morgan fingerprint density at radius 1 is 1.12 bits per heavy atom. The fraction of sp³-hybridized carbons (Fsp3) is 0.348. The van der Waals surface area contributed by atoms with Crippen molar-refractivity contribution in [3.63, 3.8) is 0 Å². The van der Waals surface area contributed by atoms with Crippen molar-refractivity contribution in [1.29, 1.82) is 0 Å². The molecule has 0 aliphatic carbocycles. The van der Waals surface area contributed by atoms with Crippen LogP contribution < -0.4 is 4.57 Å². The number of hydrogen-bond donors (Lipinski definition) is 0. The highest BCUT2D eigenvalue weighted by molar-refractivity contribution is 5.81. The Morgan fingerprint density at radius 2 is 1.96 bits per heavy atom. The van der Waals surface area contributed by atoms with Gasteiger partial charge < -0.3 is 0 Å². The molecule has 2 aromatic carbocycles. The van der Waals surface area contributed by atoms with Crippen molar-refractivity contribution in [2.75, 3.05) is 0 Å². The van der Waals surface area contributed by atoms with Gasteiger partial charge in [0.15, 0.2) is 0 Å². The smallest absolute Gasteiger partial charge is 0.194 e. The van der Waals surface area contributed by atoms with E-state index in [2.05, 4.69) is 0 Å². The van der Waals surface area contributed by atoms with E-state index in [0.29, 0.717) is 22.4 Å². The quantitative estimate of drug-likeness (QED) is 0.563. The Hall–Kier alpha value is -2.15. The van der Waals surface area contributed by atoms with E-state index in [1.165, 1.54) is 12.1 Å². The first-order valence-corrected chi connectivity index (χ1v) is 8.15. The molecule has 0 bridgehead atoms. The van der Waals surface area contributed by atoms with Crippen molar-refractivity contribution in [3.05, 3.63) is 64.7 Å². The first kappa shape index (κ1) is 9.36. The molecule has 124 valence electrons. The first-order chi connectivity index (χ1) is 14.6. The van der Waals surface area contributed by atoms with E-state index in [1.54, 1.807) is 25.1 Å². The highest BCUT2D eigenvalue weighted by atomic mass is 14.9. The summed E-state index contributed by atoms with van der Waals surface area (Å²) in [5.74, 6) is -0.224. The molecule has 0 unspecified atom stereocenters. The molecule has 1 heteroatoms.